The van der Waals surface area contributed by atoms with Crippen molar-refractivity contribution in [2.45, 2.75) is 29.2 Å². The first-order chi connectivity index (χ1) is 12.7. The maximum atomic E-state index is 13.2. The first-order valence-corrected chi connectivity index (χ1v) is 10.9. The van der Waals surface area contributed by atoms with E-state index in [0.29, 0.717) is 4.32 Å². The van der Waals surface area contributed by atoms with Crippen molar-refractivity contribution in [1.82, 2.24) is 10.0 Å². The molecule has 0 radical (unpaired) electrons. The summed E-state index contributed by atoms with van der Waals surface area (Å²) in [6.07, 6.45) is 0. The molecule has 0 aromatic heterocycles. The summed E-state index contributed by atoms with van der Waals surface area (Å²) < 4.78 is 0.651. The van der Waals surface area contributed by atoms with Crippen LogP contribution >= 0.6 is 35.7 Å². The molecule has 0 spiro atoms. The number of amides is 1. The van der Waals surface area contributed by atoms with Crippen LogP contribution in [0.3, 0.4) is 0 Å². The highest BCUT2D eigenvalue weighted by atomic mass is 32.2. The van der Waals surface area contributed by atoms with Crippen molar-refractivity contribution in [3.63, 3.8) is 0 Å². The fourth-order valence-electron chi connectivity index (χ4n) is 2.97. The van der Waals surface area contributed by atoms with Crippen molar-refractivity contribution < 1.29 is 4.79 Å². The monoisotopic (exact) mass is 402 g/mol. The van der Waals surface area contributed by atoms with Crippen LogP contribution in [0.5, 0.6) is 0 Å². The molecule has 2 atom stereocenters. The fourth-order valence-corrected chi connectivity index (χ4v) is 5.96. The first kappa shape index (κ1) is 19.4. The molecule has 1 aliphatic heterocycles. The molecule has 136 valence electrons. The van der Waals surface area contributed by atoms with Gasteiger partial charge in [-0.3, -0.25) is 4.79 Å². The van der Waals surface area contributed by atoms with Crippen LogP contribution in [0.15, 0.2) is 65.6 Å². The van der Waals surface area contributed by atoms with Crippen molar-refractivity contribution in [2.24, 2.45) is 0 Å². The molecule has 1 fully saturated rings. The van der Waals surface area contributed by atoms with Crippen LogP contribution in [0.1, 0.15) is 24.7 Å². The Labute approximate surface area is 169 Å². The largest absolute Gasteiger partial charge is 0.272 e. The van der Waals surface area contributed by atoms with Crippen LogP contribution in [0.2, 0.25) is 0 Å². The number of hydrogen-bond donors (Lipinski definition) is 0. The lowest BCUT2D eigenvalue weighted by atomic mass is 10.1. The van der Waals surface area contributed by atoms with Gasteiger partial charge in [-0.2, -0.15) is 0 Å². The second-order valence-corrected chi connectivity index (χ2v) is 8.85. The standard InChI is InChI=1S/C20H22N2OS3/c1-3-21(4-2)22-19(23)18(26-20(22)24)17(15-11-7-5-8-12-15)25-16-13-9-6-10-14-16/h5-14,17-18H,3-4H2,1-2H3. The third kappa shape index (κ3) is 4.14. The Hall–Kier alpha value is -1.34. The van der Waals surface area contributed by atoms with Gasteiger partial charge in [0.05, 0.1) is 5.25 Å². The van der Waals surface area contributed by atoms with Gasteiger partial charge in [-0.05, 0) is 17.7 Å². The van der Waals surface area contributed by atoms with Crippen LogP contribution in [0.25, 0.3) is 0 Å². The van der Waals surface area contributed by atoms with Crippen molar-refractivity contribution in [2.75, 3.05) is 13.1 Å². The summed E-state index contributed by atoms with van der Waals surface area (Å²) in [5.41, 5.74) is 1.15. The van der Waals surface area contributed by atoms with Gasteiger partial charge >= 0.3 is 0 Å². The van der Waals surface area contributed by atoms with E-state index in [2.05, 4.69) is 24.3 Å². The Morgan fingerprint density at radius 2 is 1.65 bits per heavy atom. The Bertz CT molecular complexity index is 750. The zero-order chi connectivity index (χ0) is 18.5. The molecule has 2 aromatic carbocycles. The highest BCUT2D eigenvalue weighted by Gasteiger charge is 2.44. The molecule has 0 saturated carbocycles. The van der Waals surface area contributed by atoms with E-state index in [0.717, 1.165) is 23.5 Å². The predicted octanol–water partition coefficient (Wildman–Crippen LogP) is 5.01. The van der Waals surface area contributed by atoms with E-state index in [4.69, 9.17) is 12.2 Å². The van der Waals surface area contributed by atoms with Gasteiger partial charge in [0.25, 0.3) is 5.91 Å². The third-order valence-electron chi connectivity index (χ3n) is 4.28. The van der Waals surface area contributed by atoms with E-state index in [-0.39, 0.29) is 16.4 Å². The number of benzene rings is 2. The van der Waals surface area contributed by atoms with Crippen LogP contribution < -0.4 is 0 Å². The number of nitrogens with zero attached hydrogens (tertiary/aromatic N) is 2. The zero-order valence-electron chi connectivity index (χ0n) is 14.9. The molecule has 3 nitrogen and oxygen atoms in total. The highest BCUT2D eigenvalue weighted by molar-refractivity contribution is 8.24. The molecule has 3 rings (SSSR count). The van der Waals surface area contributed by atoms with Crippen molar-refractivity contribution in [3.8, 4) is 0 Å². The second kappa shape index (κ2) is 9.04. The molecule has 0 N–H and O–H groups in total. The molecule has 1 saturated heterocycles. The normalized spacial score (nSPS) is 18.6. The lowest BCUT2D eigenvalue weighted by molar-refractivity contribution is -0.137. The molecule has 26 heavy (non-hydrogen) atoms. The van der Waals surface area contributed by atoms with Gasteiger partial charge in [-0.15, -0.1) is 11.8 Å². The van der Waals surface area contributed by atoms with Gasteiger partial charge < -0.3 is 0 Å². The summed E-state index contributed by atoms with van der Waals surface area (Å²) in [5.74, 6) is 0.0842. The van der Waals surface area contributed by atoms with Crippen molar-refractivity contribution in [3.05, 3.63) is 66.2 Å². The summed E-state index contributed by atoms with van der Waals surface area (Å²) in [6, 6.07) is 20.5. The van der Waals surface area contributed by atoms with E-state index >= 15 is 0 Å². The summed E-state index contributed by atoms with van der Waals surface area (Å²) in [7, 11) is 0. The van der Waals surface area contributed by atoms with Crippen LogP contribution in [-0.4, -0.2) is 38.6 Å². The zero-order valence-corrected chi connectivity index (χ0v) is 17.3. The lowest BCUT2D eigenvalue weighted by Gasteiger charge is -2.29. The molecule has 2 aromatic rings. The average Bonchev–Trinajstić information content (AvgIpc) is 2.97. The Morgan fingerprint density at radius 1 is 1.08 bits per heavy atom. The summed E-state index contributed by atoms with van der Waals surface area (Å²) >= 11 is 8.79. The molecule has 2 unspecified atom stereocenters. The molecular weight excluding hydrogens is 380 g/mol. The molecule has 6 heteroatoms. The van der Waals surface area contributed by atoms with Gasteiger partial charge in [-0.1, -0.05) is 86.4 Å². The van der Waals surface area contributed by atoms with Gasteiger partial charge in [0.1, 0.15) is 5.25 Å². The Balaban J connectivity index is 1.92. The van der Waals surface area contributed by atoms with E-state index < -0.39 is 0 Å². The Kier molecular flexibility index (Phi) is 6.75. The van der Waals surface area contributed by atoms with Gasteiger partial charge in [0.2, 0.25) is 0 Å². The summed E-state index contributed by atoms with van der Waals surface area (Å²) in [4.78, 5) is 14.4. The second-order valence-electron chi connectivity index (χ2n) is 5.86. The van der Waals surface area contributed by atoms with E-state index in [1.165, 1.54) is 11.8 Å². The minimum Gasteiger partial charge on any atom is -0.272 e. The Morgan fingerprint density at radius 3 is 2.23 bits per heavy atom. The topological polar surface area (TPSA) is 23.6 Å². The molecule has 1 heterocycles. The number of thiocarbonyl (C=S) groups is 1. The van der Waals surface area contributed by atoms with Crippen molar-refractivity contribution in [1.29, 1.82) is 0 Å². The summed E-state index contributed by atoms with van der Waals surface area (Å²) in [6.45, 7) is 5.62. The molecule has 0 bridgehead atoms. The van der Waals surface area contributed by atoms with E-state index in [1.807, 2.05) is 55.3 Å². The highest BCUT2D eigenvalue weighted by Crippen LogP contribution is 2.46. The lowest BCUT2D eigenvalue weighted by Crippen LogP contribution is -2.46. The number of carbonyl (C=O) groups excluding carboxylic acids is 1. The van der Waals surface area contributed by atoms with Gasteiger partial charge in [0, 0.05) is 18.0 Å². The van der Waals surface area contributed by atoms with Gasteiger partial charge in [-0.25, -0.2) is 10.0 Å². The quantitative estimate of drug-likeness (QED) is 0.479. The third-order valence-corrected chi connectivity index (χ3v) is 7.35. The number of hydrogen-bond acceptors (Lipinski definition) is 5. The smallest absolute Gasteiger partial charge is 0.257 e. The minimum absolute atomic E-state index is 0.00890. The van der Waals surface area contributed by atoms with Gasteiger partial charge in [0.15, 0.2) is 4.32 Å². The predicted molar refractivity (Wildman–Crippen MR) is 115 cm³/mol. The fraction of sp³-hybridized carbons (Fsp3) is 0.300. The molecule has 1 amide bonds. The minimum atomic E-state index is -0.226. The first-order valence-electron chi connectivity index (χ1n) is 8.71. The maximum Gasteiger partial charge on any atom is 0.257 e. The molecule has 1 aliphatic rings. The number of hydrazine groups is 1. The maximum absolute atomic E-state index is 13.2. The van der Waals surface area contributed by atoms with Crippen LogP contribution in [0, 0.1) is 0 Å². The molecule has 0 aliphatic carbocycles. The van der Waals surface area contributed by atoms with Crippen molar-refractivity contribution >= 4 is 46.0 Å². The van der Waals surface area contributed by atoms with E-state index in [1.54, 1.807) is 16.8 Å². The van der Waals surface area contributed by atoms with E-state index in [9.17, 15) is 4.79 Å². The summed E-state index contributed by atoms with van der Waals surface area (Å²) in [5, 5.41) is 3.49. The SMILES string of the molecule is CCN(CC)N1C(=O)C(C(Sc2ccccc2)c2ccccc2)SC1=S. The average molecular weight is 403 g/mol. The van der Waals surface area contributed by atoms with Crippen LogP contribution in [-0.2, 0) is 4.79 Å². The van der Waals surface area contributed by atoms with Crippen LogP contribution in [0.4, 0.5) is 0 Å². The molecular formula is C20H22N2OS3. The number of thioether (sulfide) groups is 2. The number of rotatable bonds is 7. The number of carbonyl (C=O) groups is 1.